The number of carboxylic acids is 1. The van der Waals surface area contributed by atoms with Gasteiger partial charge in [-0.05, 0) is 47.7 Å². The Morgan fingerprint density at radius 1 is 0.760 bits per heavy atom. The molecule has 3 aromatic carbocycles. The second-order valence-electron chi connectivity index (χ2n) is 5.88. The second-order valence-corrected chi connectivity index (χ2v) is 5.88. The van der Waals surface area contributed by atoms with Crippen LogP contribution in [0.2, 0.25) is 0 Å². The molecule has 0 saturated heterocycles. The largest absolute Gasteiger partial charge is 0.489 e. The summed E-state index contributed by atoms with van der Waals surface area (Å²) in [5.41, 5.74) is 3.72. The summed E-state index contributed by atoms with van der Waals surface area (Å²) in [6.07, 6.45) is 1.68. The predicted molar refractivity (Wildman–Crippen MR) is 98.0 cm³/mol. The molecule has 0 radical (unpaired) electrons. The van der Waals surface area contributed by atoms with Gasteiger partial charge in [0.2, 0.25) is 0 Å². The van der Waals surface area contributed by atoms with Crippen LogP contribution in [0.5, 0.6) is 5.75 Å². The van der Waals surface area contributed by atoms with Gasteiger partial charge in [-0.3, -0.25) is 0 Å². The molecule has 0 fully saturated rings. The van der Waals surface area contributed by atoms with E-state index in [-0.39, 0.29) is 0 Å². The third-order valence-electron chi connectivity index (χ3n) is 4.09. The summed E-state index contributed by atoms with van der Waals surface area (Å²) in [7, 11) is 0. The molecule has 3 nitrogen and oxygen atoms in total. The summed E-state index contributed by atoms with van der Waals surface area (Å²) in [5, 5.41) is 8.96. The molecule has 0 saturated carbocycles. The third-order valence-corrected chi connectivity index (χ3v) is 4.09. The van der Waals surface area contributed by atoms with E-state index in [1.165, 1.54) is 0 Å². The van der Waals surface area contributed by atoms with Crippen LogP contribution >= 0.6 is 0 Å². The number of carboxylic acid groups (broad SMARTS) is 1. The predicted octanol–water partition coefficient (Wildman–Crippen LogP) is 4.75. The number of ether oxygens (including phenoxy) is 1. The molecule has 0 unspecified atom stereocenters. The van der Waals surface area contributed by atoms with Gasteiger partial charge in [-0.2, -0.15) is 0 Å². The maximum atomic E-state index is 10.9. The molecule has 3 heteroatoms. The number of rotatable bonds is 7. The van der Waals surface area contributed by atoms with Crippen molar-refractivity contribution in [3.8, 4) is 5.75 Å². The standard InChI is InChI=1S/C22H20O3/c23-22(24)20-14-11-17(12-15-20)10-13-19-8-4-5-9-21(19)25-16-18-6-2-1-3-7-18/h1-9,11-12,14-15H,10,13,16H2,(H,23,24). The number of para-hydroxylation sites is 1. The Balaban J connectivity index is 1.63. The van der Waals surface area contributed by atoms with E-state index in [9.17, 15) is 4.79 Å². The van der Waals surface area contributed by atoms with Crippen LogP contribution in [-0.2, 0) is 19.4 Å². The monoisotopic (exact) mass is 332 g/mol. The van der Waals surface area contributed by atoms with Crippen molar-refractivity contribution >= 4 is 5.97 Å². The highest BCUT2D eigenvalue weighted by atomic mass is 16.5. The van der Waals surface area contributed by atoms with Crippen molar-refractivity contribution in [1.29, 1.82) is 0 Å². The normalized spacial score (nSPS) is 10.4. The fourth-order valence-electron chi connectivity index (χ4n) is 2.68. The van der Waals surface area contributed by atoms with Crippen molar-refractivity contribution in [2.45, 2.75) is 19.4 Å². The zero-order chi connectivity index (χ0) is 17.5. The van der Waals surface area contributed by atoms with Gasteiger partial charge < -0.3 is 9.84 Å². The molecule has 25 heavy (non-hydrogen) atoms. The number of hydrogen-bond donors (Lipinski definition) is 1. The summed E-state index contributed by atoms with van der Waals surface area (Å²) in [6, 6.07) is 25.2. The zero-order valence-electron chi connectivity index (χ0n) is 13.9. The maximum absolute atomic E-state index is 10.9. The molecule has 126 valence electrons. The first-order valence-electron chi connectivity index (χ1n) is 8.29. The first kappa shape index (κ1) is 16.8. The lowest BCUT2D eigenvalue weighted by Crippen LogP contribution is -2.00. The Kier molecular flexibility index (Phi) is 5.47. The molecule has 0 aliphatic heterocycles. The quantitative estimate of drug-likeness (QED) is 0.679. The van der Waals surface area contributed by atoms with Crippen LogP contribution < -0.4 is 4.74 Å². The van der Waals surface area contributed by atoms with Crippen molar-refractivity contribution in [2.24, 2.45) is 0 Å². The molecular formula is C22H20O3. The van der Waals surface area contributed by atoms with Crippen molar-refractivity contribution in [3.63, 3.8) is 0 Å². The summed E-state index contributed by atoms with van der Waals surface area (Å²) >= 11 is 0. The molecule has 3 aromatic rings. The molecule has 0 aliphatic carbocycles. The van der Waals surface area contributed by atoms with Gasteiger partial charge in [-0.25, -0.2) is 4.79 Å². The molecular weight excluding hydrogens is 312 g/mol. The summed E-state index contributed by atoms with van der Waals surface area (Å²) in [6.45, 7) is 0.547. The summed E-state index contributed by atoms with van der Waals surface area (Å²) in [5.74, 6) is -0.000262. The summed E-state index contributed by atoms with van der Waals surface area (Å²) < 4.78 is 5.98. The second kappa shape index (κ2) is 8.15. The molecule has 3 rings (SSSR count). The first-order valence-corrected chi connectivity index (χ1v) is 8.29. The van der Waals surface area contributed by atoms with Crippen LogP contribution in [0.1, 0.15) is 27.0 Å². The fourth-order valence-corrected chi connectivity index (χ4v) is 2.68. The first-order chi connectivity index (χ1) is 12.2. The van der Waals surface area contributed by atoms with Gasteiger partial charge in [0.1, 0.15) is 12.4 Å². The molecule has 1 N–H and O–H groups in total. The average molecular weight is 332 g/mol. The number of benzene rings is 3. The molecule has 0 bridgehead atoms. The van der Waals surface area contributed by atoms with Crippen LogP contribution in [0.25, 0.3) is 0 Å². The lowest BCUT2D eigenvalue weighted by molar-refractivity contribution is 0.0697. The molecule has 0 aromatic heterocycles. The van der Waals surface area contributed by atoms with E-state index in [0.29, 0.717) is 12.2 Å². The molecule has 0 aliphatic rings. The van der Waals surface area contributed by atoms with Crippen molar-refractivity contribution < 1.29 is 14.6 Å². The lowest BCUT2D eigenvalue weighted by Gasteiger charge is -2.12. The minimum atomic E-state index is -0.897. The van der Waals surface area contributed by atoms with E-state index in [4.69, 9.17) is 9.84 Å². The summed E-state index contributed by atoms with van der Waals surface area (Å²) in [4.78, 5) is 10.9. The lowest BCUT2D eigenvalue weighted by atomic mass is 10.0. The molecule has 0 spiro atoms. The minimum Gasteiger partial charge on any atom is -0.489 e. The Morgan fingerprint density at radius 2 is 1.44 bits per heavy atom. The smallest absolute Gasteiger partial charge is 0.335 e. The van der Waals surface area contributed by atoms with E-state index in [1.807, 2.05) is 60.7 Å². The highest BCUT2D eigenvalue weighted by Gasteiger charge is 2.06. The van der Waals surface area contributed by atoms with Crippen molar-refractivity contribution in [2.75, 3.05) is 0 Å². The van der Waals surface area contributed by atoms with E-state index >= 15 is 0 Å². The Labute approximate surface area is 147 Å². The minimum absolute atomic E-state index is 0.315. The Morgan fingerprint density at radius 3 is 2.16 bits per heavy atom. The van der Waals surface area contributed by atoms with Crippen LogP contribution in [0, 0.1) is 0 Å². The van der Waals surface area contributed by atoms with Crippen LogP contribution in [0.4, 0.5) is 0 Å². The molecule has 0 heterocycles. The van der Waals surface area contributed by atoms with E-state index in [2.05, 4.69) is 6.07 Å². The average Bonchev–Trinajstić information content (AvgIpc) is 2.66. The van der Waals surface area contributed by atoms with E-state index < -0.39 is 5.97 Å². The van der Waals surface area contributed by atoms with Crippen molar-refractivity contribution in [1.82, 2.24) is 0 Å². The van der Waals surface area contributed by atoms with Crippen LogP contribution in [0.3, 0.4) is 0 Å². The van der Waals surface area contributed by atoms with Crippen LogP contribution in [-0.4, -0.2) is 11.1 Å². The third kappa shape index (κ3) is 4.70. The number of hydrogen-bond acceptors (Lipinski definition) is 2. The van der Waals surface area contributed by atoms with Gasteiger partial charge in [0.25, 0.3) is 0 Å². The highest BCUT2D eigenvalue weighted by molar-refractivity contribution is 5.87. The molecule has 0 amide bonds. The molecule has 0 atom stereocenters. The Bertz CT molecular complexity index is 823. The number of carbonyl (C=O) groups is 1. The van der Waals surface area contributed by atoms with Gasteiger partial charge in [0, 0.05) is 0 Å². The van der Waals surface area contributed by atoms with Gasteiger partial charge >= 0.3 is 5.97 Å². The van der Waals surface area contributed by atoms with Gasteiger partial charge in [0.15, 0.2) is 0 Å². The fraction of sp³-hybridized carbons (Fsp3) is 0.136. The zero-order valence-corrected chi connectivity index (χ0v) is 13.9. The van der Waals surface area contributed by atoms with Gasteiger partial charge in [0.05, 0.1) is 5.56 Å². The van der Waals surface area contributed by atoms with Crippen molar-refractivity contribution in [3.05, 3.63) is 101 Å². The topological polar surface area (TPSA) is 46.5 Å². The number of aryl methyl sites for hydroxylation is 2. The van der Waals surface area contributed by atoms with Crippen LogP contribution in [0.15, 0.2) is 78.9 Å². The van der Waals surface area contributed by atoms with E-state index in [0.717, 1.165) is 35.3 Å². The SMILES string of the molecule is O=C(O)c1ccc(CCc2ccccc2OCc2ccccc2)cc1. The van der Waals surface area contributed by atoms with Gasteiger partial charge in [-0.1, -0.05) is 60.7 Å². The highest BCUT2D eigenvalue weighted by Crippen LogP contribution is 2.21. The maximum Gasteiger partial charge on any atom is 0.335 e. The van der Waals surface area contributed by atoms with E-state index in [1.54, 1.807) is 12.1 Å². The van der Waals surface area contributed by atoms with Gasteiger partial charge in [-0.15, -0.1) is 0 Å². The number of aromatic carboxylic acids is 1. The Hall–Kier alpha value is -3.07.